The molecule has 0 atom stereocenters. The second-order valence-electron chi connectivity index (χ2n) is 3.13. The highest BCUT2D eigenvalue weighted by atomic mass is 19.4. The molecular weight excluding hydrogens is 255 g/mol. The number of nitrogen functional groups attached to an aromatic ring is 1. The first-order valence-electron chi connectivity index (χ1n) is 4.62. The zero-order chi connectivity index (χ0) is 13.9. The van der Waals surface area contributed by atoms with Crippen molar-refractivity contribution >= 4 is 11.7 Å². The fourth-order valence-corrected chi connectivity index (χ4v) is 1.19. The summed E-state index contributed by atoms with van der Waals surface area (Å²) in [6.07, 6.45) is -5.00. The Morgan fingerprint density at radius 3 is 2.56 bits per heavy atom. The normalized spacial score (nSPS) is 11.2. The van der Waals surface area contributed by atoms with Gasteiger partial charge in [0.15, 0.2) is 0 Å². The molecule has 0 unspecified atom stereocenters. The zero-order valence-corrected chi connectivity index (χ0v) is 9.25. The first kappa shape index (κ1) is 14.0. The van der Waals surface area contributed by atoms with Gasteiger partial charge in [-0.3, -0.25) is 0 Å². The molecule has 4 N–H and O–H groups in total. The summed E-state index contributed by atoms with van der Waals surface area (Å²) in [5.41, 5.74) is 9.90. The number of aromatic nitrogens is 1. The molecule has 0 fully saturated rings. The van der Waals surface area contributed by atoms with Crippen molar-refractivity contribution in [2.45, 2.75) is 12.9 Å². The van der Waals surface area contributed by atoms with E-state index in [1.54, 1.807) is 0 Å². The predicted octanol–water partition coefficient (Wildman–Crippen LogP) is 0.808. The fourth-order valence-electron chi connectivity index (χ4n) is 1.19. The Bertz CT molecular complexity index is 462. The smallest absolute Gasteiger partial charge is 0.465 e. The topological polar surface area (TPSA) is 100 Å². The minimum absolute atomic E-state index is 0.0550. The number of alkyl halides is 3. The Morgan fingerprint density at radius 1 is 1.50 bits per heavy atom. The van der Waals surface area contributed by atoms with Gasteiger partial charge < -0.3 is 20.9 Å². The molecular formula is C9H10F3N3O3. The number of esters is 1. The number of pyridine rings is 1. The van der Waals surface area contributed by atoms with E-state index in [0.717, 1.165) is 7.11 Å². The van der Waals surface area contributed by atoms with E-state index in [4.69, 9.17) is 11.5 Å². The highest BCUT2D eigenvalue weighted by molar-refractivity contribution is 5.97. The molecule has 0 aliphatic rings. The lowest BCUT2D eigenvalue weighted by Gasteiger charge is -2.13. The number of hydrogen-bond acceptors (Lipinski definition) is 6. The Balaban J connectivity index is 3.34. The molecule has 1 heterocycles. The molecule has 0 saturated carbocycles. The number of anilines is 1. The Hall–Kier alpha value is -2.03. The Labute approximate surface area is 99.7 Å². The summed E-state index contributed by atoms with van der Waals surface area (Å²) in [5, 5.41) is 0. The minimum Gasteiger partial charge on any atom is -0.465 e. The molecule has 0 aliphatic heterocycles. The maximum atomic E-state index is 12.2. The molecule has 100 valence electrons. The number of methoxy groups -OCH3 is 1. The lowest BCUT2D eigenvalue weighted by atomic mass is 10.2. The largest absolute Gasteiger partial charge is 0.574 e. The van der Waals surface area contributed by atoms with Crippen LogP contribution in [0.2, 0.25) is 0 Å². The third-order valence-corrected chi connectivity index (χ3v) is 1.88. The van der Waals surface area contributed by atoms with Crippen molar-refractivity contribution in [2.75, 3.05) is 12.8 Å². The van der Waals surface area contributed by atoms with Crippen molar-refractivity contribution in [3.63, 3.8) is 0 Å². The van der Waals surface area contributed by atoms with E-state index in [0.29, 0.717) is 0 Å². The van der Waals surface area contributed by atoms with Crippen molar-refractivity contribution in [1.29, 1.82) is 0 Å². The van der Waals surface area contributed by atoms with Crippen LogP contribution in [0.3, 0.4) is 0 Å². The number of carbonyl (C=O) groups excluding carboxylic acids is 1. The summed E-state index contributed by atoms with van der Waals surface area (Å²) in [6.45, 7) is -0.153. The van der Waals surface area contributed by atoms with Crippen LogP contribution in [0.4, 0.5) is 18.9 Å². The van der Waals surface area contributed by atoms with E-state index in [9.17, 15) is 18.0 Å². The second-order valence-corrected chi connectivity index (χ2v) is 3.13. The molecule has 0 aromatic carbocycles. The van der Waals surface area contributed by atoms with Gasteiger partial charge in [0.2, 0.25) is 5.88 Å². The lowest BCUT2D eigenvalue weighted by molar-refractivity contribution is -0.276. The summed E-state index contributed by atoms with van der Waals surface area (Å²) >= 11 is 0. The van der Waals surface area contributed by atoms with Crippen LogP contribution in [0.15, 0.2) is 6.07 Å². The Kier molecular flexibility index (Phi) is 3.96. The molecule has 0 aliphatic carbocycles. The SMILES string of the molecule is COC(=O)c1c(N)cc(CN)nc1OC(F)(F)F. The third kappa shape index (κ3) is 3.23. The highest BCUT2D eigenvalue weighted by Crippen LogP contribution is 2.29. The highest BCUT2D eigenvalue weighted by Gasteiger charge is 2.35. The summed E-state index contributed by atoms with van der Waals surface area (Å²) in [5.74, 6) is -2.06. The van der Waals surface area contributed by atoms with Gasteiger partial charge in [-0.05, 0) is 6.07 Å². The van der Waals surface area contributed by atoms with Crippen LogP contribution in [0.25, 0.3) is 0 Å². The molecule has 0 bridgehead atoms. The van der Waals surface area contributed by atoms with Crippen molar-refractivity contribution in [3.8, 4) is 5.88 Å². The number of carbonyl (C=O) groups is 1. The van der Waals surface area contributed by atoms with Crippen molar-refractivity contribution in [2.24, 2.45) is 5.73 Å². The van der Waals surface area contributed by atoms with Crippen LogP contribution in [0, 0.1) is 0 Å². The van der Waals surface area contributed by atoms with E-state index < -0.39 is 23.8 Å². The van der Waals surface area contributed by atoms with E-state index in [1.165, 1.54) is 6.07 Å². The van der Waals surface area contributed by atoms with E-state index in [-0.39, 0.29) is 17.9 Å². The van der Waals surface area contributed by atoms with Gasteiger partial charge in [-0.1, -0.05) is 0 Å². The van der Waals surface area contributed by atoms with Gasteiger partial charge in [0.05, 0.1) is 18.5 Å². The fraction of sp³-hybridized carbons (Fsp3) is 0.333. The minimum atomic E-state index is -5.00. The summed E-state index contributed by atoms with van der Waals surface area (Å²) < 4.78 is 44.4. The number of ether oxygens (including phenoxy) is 2. The number of rotatable bonds is 3. The second kappa shape index (κ2) is 5.08. The summed E-state index contributed by atoms with van der Waals surface area (Å²) in [4.78, 5) is 14.8. The van der Waals surface area contributed by atoms with Crippen LogP contribution < -0.4 is 16.2 Å². The number of nitrogens with zero attached hydrogens (tertiary/aromatic N) is 1. The quantitative estimate of drug-likeness (QED) is 0.784. The molecule has 1 rings (SSSR count). The first-order valence-corrected chi connectivity index (χ1v) is 4.62. The van der Waals surface area contributed by atoms with Crippen LogP contribution in [0.1, 0.15) is 16.1 Å². The predicted molar refractivity (Wildman–Crippen MR) is 54.6 cm³/mol. The zero-order valence-electron chi connectivity index (χ0n) is 9.25. The van der Waals surface area contributed by atoms with Gasteiger partial charge >= 0.3 is 12.3 Å². The van der Waals surface area contributed by atoms with Gasteiger partial charge in [0.1, 0.15) is 5.56 Å². The molecule has 18 heavy (non-hydrogen) atoms. The van der Waals surface area contributed by atoms with Gasteiger partial charge in [-0.2, -0.15) is 0 Å². The number of hydrogen-bond donors (Lipinski definition) is 2. The average molecular weight is 265 g/mol. The molecule has 0 spiro atoms. The van der Waals surface area contributed by atoms with Crippen LogP contribution >= 0.6 is 0 Å². The van der Waals surface area contributed by atoms with E-state index in [1.807, 2.05) is 0 Å². The monoisotopic (exact) mass is 265 g/mol. The summed E-state index contributed by atoms with van der Waals surface area (Å²) in [6, 6.07) is 1.18. The lowest BCUT2D eigenvalue weighted by Crippen LogP contribution is -2.22. The summed E-state index contributed by atoms with van der Waals surface area (Å²) in [7, 11) is 0.996. The first-order chi connectivity index (χ1) is 8.28. The van der Waals surface area contributed by atoms with Crippen molar-refractivity contribution < 1.29 is 27.4 Å². The molecule has 6 nitrogen and oxygen atoms in total. The molecule has 0 radical (unpaired) electrons. The maximum Gasteiger partial charge on any atom is 0.574 e. The van der Waals surface area contributed by atoms with Gasteiger partial charge in [0, 0.05) is 6.54 Å². The van der Waals surface area contributed by atoms with Crippen LogP contribution in [-0.2, 0) is 11.3 Å². The molecule has 0 amide bonds. The standard InChI is InChI=1S/C9H10F3N3O3/c1-17-8(16)6-5(14)2-4(3-13)15-7(6)18-9(10,11)12/h2H,3,13H2,1H3,(H2,14,15). The number of nitrogens with two attached hydrogens (primary N) is 2. The van der Waals surface area contributed by atoms with Crippen molar-refractivity contribution in [1.82, 2.24) is 4.98 Å². The molecule has 1 aromatic rings. The van der Waals surface area contributed by atoms with E-state index in [2.05, 4.69) is 14.5 Å². The molecule has 1 aromatic heterocycles. The van der Waals surface area contributed by atoms with Crippen molar-refractivity contribution in [3.05, 3.63) is 17.3 Å². The molecule has 0 saturated heterocycles. The van der Waals surface area contributed by atoms with Gasteiger partial charge in [0.25, 0.3) is 0 Å². The number of halogens is 3. The van der Waals surface area contributed by atoms with Crippen LogP contribution in [0.5, 0.6) is 5.88 Å². The van der Waals surface area contributed by atoms with E-state index >= 15 is 0 Å². The van der Waals surface area contributed by atoms with Gasteiger partial charge in [-0.15, -0.1) is 13.2 Å². The third-order valence-electron chi connectivity index (χ3n) is 1.88. The van der Waals surface area contributed by atoms with Crippen LogP contribution in [-0.4, -0.2) is 24.4 Å². The maximum absolute atomic E-state index is 12.2. The molecule has 9 heteroatoms. The average Bonchev–Trinajstić information content (AvgIpc) is 2.25. The van der Waals surface area contributed by atoms with Gasteiger partial charge in [-0.25, -0.2) is 9.78 Å². The Morgan fingerprint density at radius 2 is 2.11 bits per heavy atom.